The SMILES string of the molecule is COc1ccc(C(=O)C2(NC(=O)Oc3ccccc3)C(=O)c3ccccc3C2=O)cc1. The predicted octanol–water partition coefficient (Wildman–Crippen LogP) is 3.48. The molecule has 31 heavy (non-hydrogen) atoms. The van der Waals surface area contributed by atoms with Crippen LogP contribution in [-0.4, -0.2) is 36.1 Å². The predicted molar refractivity (Wildman–Crippen MR) is 111 cm³/mol. The Labute approximate surface area is 177 Å². The number of rotatable bonds is 5. The third-order valence-electron chi connectivity index (χ3n) is 5.03. The first kappa shape index (κ1) is 20.0. The van der Waals surface area contributed by atoms with Gasteiger partial charge in [0.05, 0.1) is 7.11 Å². The average Bonchev–Trinajstić information content (AvgIpc) is 3.02. The van der Waals surface area contributed by atoms with Gasteiger partial charge in [0.25, 0.3) is 0 Å². The van der Waals surface area contributed by atoms with E-state index in [1.54, 1.807) is 30.3 Å². The van der Waals surface area contributed by atoms with Crippen molar-refractivity contribution in [1.82, 2.24) is 5.32 Å². The maximum Gasteiger partial charge on any atom is 0.414 e. The molecule has 1 N–H and O–H groups in total. The molecule has 3 aromatic carbocycles. The summed E-state index contributed by atoms with van der Waals surface area (Å²) in [6.07, 6.45) is -1.09. The molecule has 7 nitrogen and oxygen atoms in total. The van der Waals surface area contributed by atoms with Crippen LogP contribution < -0.4 is 14.8 Å². The van der Waals surface area contributed by atoms with Crippen LogP contribution in [0, 0.1) is 0 Å². The molecule has 0 aliphatic heterocycles. The highest BCUT2D eigenvalue weighted by Gasteiger charge is 2.60. The van der Waals surface area contributed by atoms with Gasteiger partial charge < -0.3 is 9.47 Å². The van der Waals surface area contributed by atoms with Gasteiger partial charge in [-0.1, -0.05) is 42.5 Å². The first-order chi connectivity index (χ1) is 15.0. The summed E-state index contributed by atoms with van der Waals surface area (Å²) in [5.41, 5.74) is -2.26. The van der Waals surface area contributed by atoms with Crippen LogP contribution in [-0.2, 0) is 0 Å². The Bertz CT molecular complexity index is 1150. The van der Waals surface area contributed by atoms with Crippen LogP contribution in [0.3, 0.4) is 0 Å². The number of nitrogens with one attached hydrogen (secondary N) is 1. The number of ether oxygens (including phenoxy) is 2. The van der Waals surface area contributed by atoms with Crippen LogP contribution in [0.2, 0.25) is 0 Å². The number of benzene rings is 3. The molecule has 0 heterocycles. The van der Waals surface area contributed by atoms with Crippen LogP contribution in [0.1, 0.15) is 31.1 Å². The minimum atomic E-state index is -2.45. The summed E-state index contributed by atoms with van der Waals surface area (Å²) in [4.78, 5) is 52.8. The second kappa shape index (κ2) is 7.87. The van der Waals surface area contributed by atoms with Gasteiger partial charge >= 0.3 is 6.09 Å². The molecule has 0 unspecified atom stereocenters. The molecule has 1 aliphatic carbocycles. The standard InChI is InChI=1S/C24H17NO6/c1-30-16-13-11-15(12-14-16)20(26)24(25-23(29)31-17-7-3-2-4-8-17)21(27)18-9-5-6-10-19(18)22(24)28/h2-14H,1H3,(H,25,29). The summed E-state index contributed by atoms with van der Waals surface area (Å²) in [5.74, 6) is -1.78. The maximum atomic E-state index is 13.5. The molecule has 7 heteroatoms. The highest BCUT2D eigenvalue weighted by Crippen LogP contribution is 2.33. The second-order valence-corrected chi connectivity index (χ2v) is 6.84. The van der Waals surface area contributed by atoms with Crippen LogP contribution in [0.5, 0.6) is 11.5 Å². The van der Waals surface area contributed by atoms with Crippen LogP contribution >= 0.6 is 0 Å². The molecule has 1 amide bonds. The van der Waals surface area contributed by atoms with E-state index in [0.29, 0.717) is 5.75 Å². The van der Waals surface area contributed by atoms with Crippen LogP contribution in [0.4, 0.5) is 4.79 Å². The van der Waals surface area contributed by atoms with E-state index >= 15 is 0 Å². The van der Waals surface area contributed by atoms with Crippen molar-refractivity contribution < 1.29 is 28.7 Å². The fourth-order valence-electron chi connectivity index (χ4n) is 3.50. The molecule has 0 bridgehead atoms. The van der Waals surface area contributed by atoms with Crippen molar-refractivity contribution in [3.63, 3.8) is 0 Å². The lowest BCUT2D eigenvalue weighted by Crippen LogP contribution is -2.62. The largest absolute Gasteiger partial charge is 0.497 e. The van der Waals surface area contributed by atoms with Gasteiger partial charge in [-0.25, -0.2) is 4.79 Å². The van der Waals surface area contributed by atoms with Gasteiger partial charge in [-0.15, -0.1) is 0 Å². The molecule has 0 radical (unpaired) electrons. The molecule has 0 fully saturated rings. The fourth-order valence-corrected chi connectivity index (χ4v) is 3.50. The van der Waals surface area contributed by atoms with E-state index in [1.165, 1.54) is 55.6 Å². The number of hydrogen-bond donors (Lipinski definition) is 1. The molecule has 0 aromatic heterocycles. The van der Waals surface area contributed by atoms with Gasteiger partial charge in [-0.3, -0.25) is 19.7 Å². The highest BCUT2D eigenvalue weighted by molar-refractivity contribution is 6.46. The zero-order valence-electron chi connectivity index (χ0n) is 16.5. The Kier molecular flexibility index (Phi) is 5.09. The van der Waals surface area contributed by atoms with Gasteiger partial charge in [0.2, 0.25) is 22.9 Å². The lowest BCUT2D eigenvalue weighted by molar-refractivity contribution is 0.0669. The van der Waals surface area contributed by atoms with Crippen LogP contribution in [0.25, 0.3) is 0 Å². The van der Waals surface area contributed by atoms with Crippen molar-refractivity contribution in [3.8, 4) is 11.5 Å². The van der Waals surface area contributed by atoms with Crippen LogP contribution in [0.15, 0.2) is 78.9 Å². The summed E-state index contributed by atoms with van der Waals surface area (Å²) < 4.78 is 10.3. The first-order valence-corrected chi connectivity index (χ1v) is 9.40. The third kappa shape index (κ3) is 3.36. The minimum Gasteiger partial charge on any atom is -0.497 e. The fraction of sp³-hybridized carbons (Fsp3) is 0.0833. The second-order valence-electron chi connectivity index (χ2n) is 6.84. The number of hydrogen-bond acceptors (Lipinski definition) is 6. The van der Waals surface area contributed by atoms with E-state index < -0.39 is 29.0 Å². The summed E-state index contributed by atoms with van der Waals surface area (Å²) in [5, 5.41) is 2.27. The van der Waals surface area contributed by atoms with Gasteiger partial charge in [0.1, 0.15) is 11.5 Å². The highest BCUT2D eigenvalue weighted by atomic mass is 16.6. The number of ketones is 3. The Balaban J connectivity index is 1.76. The van der Waals surface area contributed by atoms with Crippen molar-refractivity contribution in [2.24, 2.45) is 0 Å². The summed E-state index contributed by atoms with van der Waals surface area (Å²) >= 11 is 0. The zero-order valence-corrected chi connectivity index (χ0v) is 16.5. The molecule has 3 aromatic rings. The van der Waals surface area contributed by atoms with Gasteiger partial charge in [-0.05, 0) is 36.4 Å². The number of fused-ring (bicyclic) bond motifs is 1. The Hall–Kier alpha value is -4.26. The number of carbonyl (C=O) groups excluding carboxylic acids is 4. The number of carbonyl (C=O) groups is 4. The molecule has 0 atom stereocenters. The van der Waals surface area contributed by atoms with E-state index in [2.05, 4.69) is 5.32 Å². The minimum absolute atomic E-state index is 0.0642. The average molecular weight is 415 g/mol. The number of amides is 1. The zero-order chi connectivity index (χ0) is 22.0. The van der Waals surface area contributed by atoms with E-state index in [9.17, 15) is 19.2 Å². The van der Waals surface area contributed by atoms with Crippen molar-refractivity contribution in [1.29, 1.82) is 0 Å². The smallest absolute Gasteiger partial charge is 0.414 e. The van der Waals surface area contributed by atoms with E-state index in [-0.39, 0.29) is 22.4 Å². The molecular weight excluding hydrogens is 398 g/mol. The molecular formula is C24H17NO6. The van der Waals surface area contributed by atoms with Gasteiger partial charge in [-0.2, -0.15) is 0 Å². The quantitative estimate of drug-likeness (QED) is 0.506. The molecule has 1 aliphatic rings. The van der Waals surface area contributed by atoms with Gasteiger partial charge in [0, 0.05) is 16.7 Å². The first-order valence-electron chi connectivity index (χ1n) is 9.40. The van der Waals surface area contributed by atoms with Gasteiger partial charge in [0.15, 0.2) is 0 Å². The summed E-state index contributed by atoms with van der Waals surface area (Å²) in [6.45, 7) is 0. The van der Waals surface area contributed by atoms with Crippen molar-refractivity contribution in [2.75, 3.05) is 7.11 Å². The van der Waals surface area contributed by atoms with Crippen molar-refractivity contribution in [3.05, 3.63) is 95.6 Å². The Morgan fingerprint density at radius 1 is 0.742 bits per heavy atom. The van der Waals surface area contributed by atoms with Crippen molar-refractivity contribution >= 4 is 23.4 Å². The molecule has 0 saturated heterocycles. The monoisotopic (exact) mass is 415 g/mol. The molecule has 0 saturated carbocycles. The summed E-state index contributed by atoms with van der Waals surface area (Å²) in [7, 11) is 1.47. The van der Waals surface area contributed by atoms with E-state index in [4.69, 9.17) is 9.47 Å². The topological polar surface area (TPSA) is 98.8 Å². The lowest BCUT2D eigenvalue weighted by atomic mass is 9.84. The van der Waals surface area contributed by atoms with E-state index in [1.807, 2.05) is 0 Å². The molecule has 4 rings (SSSR count). The number of Topliss-reactive ketones (excluding diaryl/α,β-unsaturated/α-hetero) is 3. The molecule has 0 spiro atoms. The molecule has 154 valence electrons. The number of para-hydroxylation sites is 1. The third-order valence-corrected chi connectivity index (χ3v) is 5.03. The normalized spacial score (nSPS) is 14.0. The Morgan fingerprint density at radius 3 is 1.84 bits per heavy atom. The maximum absolute atomic E-state index is 13.5. The number of methoxy groups -OCH3 is 1. The van der Waals surface area contributed by atoms with E-state index in [0.717, 1.165) is 0 Å². The van der Waals surface area contributed by atoms with Crippen molar-refractivity contribution in [2.45, 2.75) is 5.54 Å². The summed E-state index contributed by atoms with van der Waals surface area (Å²) in [6, 6.07) is 20.1. The Morgan fingerprint density at radius 2 is 1.29 bits per heavy atom. The lowest BCUT2D eigenvalue weighted by Gasteiger charge is -2.25.